The molecule has 1 saturated heterocycles. The van der Waals surface area contributed by atoms with Crippen LogP contribution in [-0.4, -0.2) is 34.2 Å². The smallest absolute Gasteiger partial charge is 0.419 e. The fourth-order valence-corrected chi connectivity index (χ4v) is 4.27. The van der Waals surface area contributed by atoms with Crippen molar-refractivity contribution in [2.24, 2.45) is 5.73 Å². The summed E-state index contributed by atoms with van der Waals surface area (Å²) in [6.45, 7) is -0.00316. The minimum absolute atomic E-state index is 0. The van der Waals surface area contributed by atoms with Crippen molar-refractivity contribution in [1.82, 2.24) is 15.0 Å². The Balaban J connectivity index is 0.00000420. The van der Waals surface area contributed by atoms with E-state index in [-0.39, 0.29) is 48.2 Å². The molecule has 0 radical (unpaired) electrons. The zero-order valence-corrected chi connectivity index (χ0v) is 21.2. The van der Waals surface area contributed by atoms with Gasteiger partial charge in [-0.2, -0.15) is 31.3 Å². The normalized spacial score (nSPS) is 17.7. The highest BCUT2D eigenvalue weighted by Gasteiger charge is 2.36. The molecule has 0 amide bonds. The SMILES string of the molecule is Cl.N=CN1C(N)CCC1c1nc(-c2ccc(OCCCCc3ccc(C(F)(F)F)cc3)c(C(F)(F)F)c2)no1. The quantitative estimate of drug-likeness (QED) is 0.128. The van der Waals surface area contributed by atoms with E-state index in [9.17, 15) is 26.3 Å². The number of hydrogen-bond donors (Lipinski definition) is 2. The topological polar surface area (TPSA) is 101 Å². The number of rotatable bonds is 9. The average Bonchev–Trinajstić information content (AvgIpc) is 3.49. The Kier molecular flexibility index (Phi) is 9.49. The third kappa shape index (κ3) is 7.21. The van der Waals surface area contributed by atoms with Gasteiger partial charge in [0.25, 0.3) is 0 Å². The molecule has 2 aromatic carbocycles. The number of nitrogens with one attached hydrogen (secondary N) is 1. The first-order valence-corrected chi connectivity index (χ1v) is 11.8. The molecule has 0 bridgehead atoms. The number of nitrogens with zero attached hydrogens (tertiary/aromatic N) is 3. The van der Waals surface area contributed by atoms with E-state index in [0.29, 0.717) is 37.7 Å². The molecule has 3 aromatic rings. The number of alkyl halides is 6. The van der Waals surface area contributed by atoms with Crippen molar-refractivity contribution in [2.75, 3.05) is 6.61 Å². The van der Waals surface area contributed by atoms with Gasteiger partial charge in [-0.25, -0.2) is 0 Å². The molecular weight excluding hydrogens is 552 g/mol. The van der Waals surface area contributed by atoms with Crippen LogP contribution < -0.4 is 10.5 Å². The summed E-state index contributed by atoms with van der Waals surface area (Å²) >= 11 is 0. The largest absolute Gasteiger partial charge is 0.493 e. The number of aromatic nitrogens is 2. The molecule has 212 valence electrons. The van der Waals surface area contributed by atoms with Gasteiger partial charge in [0.15, 0.2) is 0 Å². The lowest BCUT2D eigenvalue weighted by Gasteiger charge is -2.22. The van der Waals surface area contributed by atoms with E-state index in [1.165, 1.54) is 24.3 Å². The van der Waals surface area contributed by atoms with Crippen LogP contribution in [0.3, 0.4) is 0 Å². The number of ether oxygens (including phenoxy) is 1. The Labute approximate surface area is 226 Å². The second-order valence-corrected chi connectivity index (χ2v) is 8.90. The van der Waals surface area contributed by atoms with Crippen molar-refractivity contribution >= 4 is 18.7 Å². The Hall–Kier alpha value is -3.32. The Morgan fingerprint density at radius 1 is 1.03 bits per heavy atom. The summed E-state index contributed by atoms with van der Waals surface area (Å²) in [5, 5.41) is 11.3. The van der Waals surface area contributed by atoms with E-state index in [4.69, 9.17) is 20.4 Å². The van der Waals surface area contributed by atoms with Crippen LogP contribution in [0, 0.1) is 5.41 Å². The van der Waals surface area contributed by atoms with Gasteiger partial charge in [0.05, 0.1) is 30.2 Å². The van der Waals surface area contributed by atoms with Crippen LogP contribution in [-0.2, 0) is 18.8 Å². The zero-order chi connectivity index (χ0) is 27.5. The summed E-state index contributed by atoms with van der Waals surface area (Å²) in [7, 11) is 0. The van der Waals surface area contributed by atoms with Crippen molar-refractivity contribution in [1.29, 1.82) is 5.41 Å². The van der Waals surface area contributed by atoms with Crippen LogP contribution >= 0.6 is 12.4 Å². The van der Waals surface area contributed by atoms with Crippen LogP contribution in [0.5, 0.6) is 5.75 Å². The molecule has 1 aliphatic rings. The molecule has 2 atom stereocenters. The average molecular weight is 578 g/mol. The summed E-state index contributed by atoms with van der Waals surface area (Å²) in [4.78, 5) is 5.78. The maximum absolute atomic E-state index is 13.8. The highest BCUT2D eigenvalue weighted by atomic mass is 35.5. The fourth-order valence-electron chi connectivity index (χ4n) is 4.27. The van der Waals surface area contributed by atoms with E-state index in [0.717, 1.165) is 24.5 Å². The van der Waals surface area contributed by atoms with Crippen LogP contribution in [0.25, 0.3) is 11.4 Å². The second kappa shape index (κ2) is 12.2. The van der Waals surface area contributed by atoms with Gasteiger partial charge in [-0.15, -0.1) is 12.4 Å². The van der Waals surface area contributed by atoms with Gasteiger partial charge < -0.3 is 19.9 Å². The molecule has 7 nitrogen and oxygen atoms in total. The lowest BCUT2D eigenvalue weighted by molar-refractivity contribution is -0.139. The molecule has 14 heteroatoms. The molecule has 1 aromatic heterocycles. The molecule has 2 heterocycles. The zero-order valence-electron chi connectivity index (χ0n) is 20.4. The Morgan fingerprint density at radius 2 is 1.74 bits per heavy atom. The Morgan fingerprint density at radius 3 is 2.38 bits per heavy atom. The van der Waals surface area contributed by atoms with Crippen molar-refractivity contribution in [3.63, 3.8) is 0 Å². The second-order valence-electron chi connectivity index (χ2n) is 8.90. The highest BCUT2D eigenvalue weighted by molar-refractivity contribution is 5.85. The minimum Gasteiger partial charge on any atom is -0.493 e. The maximum Gasteiger partial charge on any atom is 0.419 e. The van der Waals surface area contributed by atoms with Crippen molar-refractivity contribution in [3.05, 3.63) is 65.0 Å². The summed E-state index contributed by atoms with van der Waals surface area (Å²) in [5.74, 6) is -0.214. The standard InChI is InChI=1S/C25H25F6N5O2.ClH/c26-24(27,28)17-7-4-15(5-8-17)3-1-2-12-37-20-10-6-16(13-18(20)25(29,30)31)22-34-23(38-35-22)19-9-11-21(33)36(19)14-32;/h4-8,10,13-14,19,21,32H,1-3,9,11-12,33H2;1H. The molecular formula is C25H26ClF6N5O2. The number of halogens is 7. The van der Waals surface area contributed by atoms with Crippen LogP contribution in [0.2, 0.25) is 0 Å². The predicted octanol–water partition coefficient (Wildman–Crippen LogP) is 6.63. The van der Waals surface area contributed by atoms with E-state index in [1.54, 1.807) is 4.90 Å². The van der Waals surface area contributed by atoms with E-state index in [2.05, 4.69) is 10.1 Å². The molecule has 2 unspecified atom stereocenters. The Bertz CT molecular complexity index is 1250. The molecule has 1 fully saturated rings. The lowest BCUT2D eigenvalue weighted by Crippen LogP contribution is -2.36. The molecule has 4 rings (SSSR count). The van der Waals surface area contributed by atoms with Crippen molar-refractivity contribution < 1.29 is 35.6 Å². The third-order valence-corrected chi connectivity index (χ3v) is 6.30. The van der Waals surface area contributed by atoms with Crippen molar-refractivity contribution in [2.45, 2.75) is 56.7 Å². The van der Waals surface area contributed by atoms with Crippen LogP contribution in [0.4, 0.5) is 26.3 Å². The number of likely N-dealkylation sites (tertiary alicyclic amines) is 1. The molecule has 0 saturated carbocycles. The predicted molar refractivity (Wildman–Crippen MR) is 132 cm³/mol. The molecule has 0 spiro atoms. The van der Waals surface area contributed by atoms with Crippen LogP contribution in [0.1, 0.15) is 54.3 Å². The monoisotopic (exact) mass is 577 g/mol. The number of aryl methyl sites for hydroxylation is 1. The first-order chi connectivity index (χ1) is 18.0. The summed E-state index contributed by atoms with van der Waals surface area (Å²) in [5.41, 5.74) is 4.99. The van der Waals surface area contributed by atoms with Gasteiger partial charge in [-0.3, -0.25) is 5.41 Å². The summed E-state index contributed by atoms with van der Waals surface area (Å²) in [6.07, 6.45) is -5.85. The third-order valence-electron chi connectivity index (χ3n) is 6.30. The number of benzene rings is 2. The molecule has 3 N–H and O–H groups in total. The molecule has 0 aliphatic carbocycles. The maximum atomic E-state index is 13.8. The van der Waals surface area contributed by atoms with Crippen molar-refractivity contribution in [3.8, 4) is 17.1 Å². The summed E-state index contributed by atoms with van der Waals surface area (Å²) in [6, 6.07) is 7.84. The number of hydrogen-bond acceptors (Lipinski definition) is 6. The fraction of sp³-hybridized carbons (Fsp3) is 0.400. The van der Waals surface area contributed by atoms with Gasteiger partial charge in [0, 0.05) is 5.56 Å². The van der Waals surface area contributed by atoms with E-state index in [1.807, 2.05) is 0 Å². The first-order valence-electron chi connectivity index (χ1n) is 11.8. The van der Waals surface area contributed by atoms with Gasteiger partial charge in [-0.1, -0.05) is 17.3 Å². The first kappa shape index (κ1) is 30.2. The minimum atomic E-state index is -4.70. The van der Waals surface area contributed by atoms with Gasteiger partial charge in [-0.05, 0) is 68.0 Å². The van der Waals surface area contributed by atoms with Gasteiger partial charge in [0.2, 0.25) is 11.7 Å². The summed E-state index contributed by atoms with van der Waals surface area (Å²) < 4.78 is 90.0. The van der Waals surface area contributed by atoms with E-state index < -0.39 is 29.5 Å². The van der Waals surface area contributed by atoms with Gasteiger partial charge >= 0.3 is 12.4 Å². The number of unbranched alkanes of at least 4 members (excludes halogenated alkanes) is 1. The molecule has 39 heavy (non-hydrogen) atoms. The van der Waals surface area contributed by atoms with Gasteiger partial charge in [0.1, 0.15) is 11.8 Å². The molecule has 1 aliphatic heterocycles. The van der Waals surface area contributed by atoms with E-state index >= 15 is 0 Å². The number of nitrogens with two attached hydrogens (primary N) is 1. The lowest BCUT2D eigenvalue weighted by atomic mass is 10.1. The highest BCUT2D eigenvalue weighted by Crippen LogP contribution is 2.39. The van der Waals surface area contributed by atoms with Crippen LogP contribution in [0.15, 0.2) is 47.0 Å².